The normalized spacial score (nSPS) is 13.4. The molecule has 0 aliphatic rings. The smallest absolute Gasteiger partial charge is 0.420 e. The Morgan fingerprint density at radius 3 is 0.918 bits per heavy atom. The first-order valence-electron chi connectivity index (χ1n) is 12.2. The summed E-state index contributed by atoms with van der Waals surface area (Å²) in [7, 11) is 0. The van der Waals surface area contributed by atoms with E-state index in [0.717, 1.165) is 18.2 Å². The van der Waals surface area contributed by atoms with E-state index in [1.54, 1.807) is 0 Å². The molecular weight excluding hydrogens is 730 g/mol. The minimum Gasteiger partial charge on any atom is -0.424 e. The summed E-state index contributed by atoms with van der Waals surface area (Å²) in [6, 6.07) is 0.294. The number of carbonyl (C=O) groups excluding carboxylic acids is 2. The third-order valence-electron chi connectivity index (χ3n) is 6.06. The van der Waals surface area contributed by atoms with Gasteiger partial charge >= 0.3 is 49.0 Å². The van der Waals surface area contributed by atoms with Crippen LogP contribution in [0.4, 0.5) is 79.0 Å². The van der Waals surface area contributed by atoms with Crippen molar-refractivity contribution >= 4 is 11.9 Å². The maximum absolute atomic E-state index is 13.7. The van der Waals surface area contributed by atoms with Crippen molar-refractivity contribution in [2.45, 2.75) is 43.0 Å². The van der Waals surface area contributed by atoms with Gasteiger partial charge in [-0.05, 0) is 29.8 Å². The minimum atomic E-state index is -6.18. The van der Waals surface area contributed by atoms with Crippen molar-refractivity contribution in [1.82, 2.24) is 0 Å². The molecule has 0 aliphatic heterocycles. The van der Waals surface area contributed by atoms with E-state index >= 15 is 0 Å². The van der Waals surface area contributed by atoms with E-state index in [1.165, 1.54) is 0 Å². The van der Waals surface area contributed by atoms with Gasteiger partial charge in [0.05, 0.1) is 33.4 Å². The molecule has 0 aliphatic carbocycles. The van der Waals surface area contributed by atoms with Crippen LogP contribution in [-0.2, 0) is 46.6 Å². The molecule has 0 saturated heterocycles. The zero-order valence-electron chi connectivity index (χ0n) is 22.7. The van der Waals surface area contributed by atoms with Crippen molar-refractivity contribution in [3.8, 4) is 11.5 Å². The molecule has 3 rings (SSSR count). The molecular formula is C27H10F18O4. The predicted octanol–water partition coefficient (Wildman–Crippen LogP) is 10.1. The Morgan fingerprint density at radius 2 is 0.694 bits per heavy atom. The van der Waals surface area contributed by atoms with Crippen LogP contribution in [0, 0.1) is 0 Å². The highest BCUT2D eigenvalue weighted by Gasteiger charge is 2.49. The fraction of sp³-hybridized carbons (Fsp3) is 0.259. The van der Waals surface area contributed by atoms with E-state index in [0.29, 0.717) is 12.1 Å². The summed E-state index contributed by atoms with van der Waals surface area (Å²) in [5.74, 6) is -14.0. The first-order chi connectivity index (χ1) is 21.9. The number of esters is 2. The summed E-state index contributed by atoms with van der Waals surface area (Å²) in [4.78, 5) is 26.1. The van der Waals surface area contributed by atoms with Gasteiger partial charge in [-0.2, -0.15) is 79.0 Å². The Morgan fingerprint density at radius 1 is 0.429 bits per heavy atom. The predicted molar refractivity (Wildman–Crippen MR) is 123 cm³/mol. The van der Waals surface area contributed by atoms with Crippen molar-refractivity contribution < 1.29 is 98.1 Å². The third kappa shape index (κ3) is 8.88. The molecule has 0 bridgehead atoms. The molecule has 0 spiro atoms. The lowest BCUT2D eigenvalue weighted by molar-refractivity contribution is -0.153. The Labute approximate surface area is 258 Å². The van der Waals surface area contributed by atoms with Gasteiger partial charge in [-0.3, -0.25) is 9.59 Å². The van der Waals surface area contributed by atoms with Crippen molar-refractivity contribution in [1.29, 1.82) is 0 Å². The number of benzene rings is 3. The Bertz CT molecular complexity index is 1530. The minimum absolute atomic E-state index is 0.608. The lowest BCUT2D eigenvalue weighted by atomic mass is 9.98. The number of hydrogen-bond acceptors (Lipinski definition) is 4. The quantitative estimate of drug-likeness (QED) is 0.113. The van der Waals surface area contributed by atoms with Gasteiger partial charge in [0.25, 0.3) is 0 Å². The van der Waals surface area contributed by atoms with Gasteiger partial charge in [0, 0.05) is 0 Å². The highest BCUT2D eigenvalue weighted by Crippen LogP contribution is 2.50. The molecule has 0 atom stereocenters. The maximum Gasteiger partial charge on any atom is 0.420 e. The molecule has 0 N–H and O–H groups in total. The van der Waals surface area contributed by atoms with Crippen LogP contribution in [0.15, 0.2) is 54.6 Å². The lowest BCUT2D eigenvalue weighted by Crippen LogP contribution is -2.32. The van der Waals surface area contributed by atoms with Crippen molar-refractivity contribution in [2.24, 2.45) is 0 Å². The Kier molecular flexibility index (Phi) is 10.0. The molecule has 49 heavy (non-hydrogen) atoms. The van der Waals surface area contributed by atoms with Crippen LogP contribution in [0.5, 0.6) is 11.5 Å². The first-order valence-corrected chi connectivity index (χ1v) is 12.2. The van der Waals surface area contributed by atoms with Gasteiger partial charge < -0.3 is 9.47 Å². The molecule has 0 unspecified atom stereocenters. The molecule has 3 aromatic carbocycles. The molecule has 3 aromatic rings. The maximum atomic E-state index is 13.7. The number of ether oxygens (including phenoxy) is 2. The van der Waals surface area contributed by atoms with Gasteiger partial charge in [-0.15, -0.1) is 0 Å². The van der Waals surface area contributed by atoms with Crippen LogP contribution in [0.25, 0.3) is 0 Å². The van der Waals surface area contributed by atoms with E-state index < -0.39 is 130 Å². The van der Waals surface area contributed by atoms with E-state index in [-0.39, 0.29) is 0 Å². The highest BCUT2D eigenvalue weighted by molar-refractivity contribution is 6.02. The number of alkyl halides is 18. The average molecular weight is 740 g/mol. The molecule has 4 nitrogen and oxygen atoms in total. The monoisotopic (exact) mass is 740 g/mol. The first kappa shape index (κ1) is 38.8. The van der Waals surface area contributed by atoms with Gasteiger partial charge in [0.2, 0.25) is 0 Å². The fourth-order valence-corrected chi connectivity index (χ4v) is 3.98. The summed E-state index contributed by atoms with van der Waals surface area (Å²) in [5.41, 5.74) is -17.7. The van der Waals surface area contributed by atoms with Crippen LogP contribution < -0.4 is 9.47 Å². The third-order valence-corrected chi connectivity index (χ3v) is 6.06. The summed E-state index contributed by atoms with van der Waals surface area (Å²) in [6.07, 6.45) is -36.4. The fourth-order valence-electron chi connectivity index (χ4n) is 3.98. The van der Waals surface area contributed by atoms with Crippen LogP contribution in [0.1, 0.15) is 44.9 Å². The number of halogens is 18. The summed E-state index contributed by atoms with van der Waals surface area (Å²) in [5, 5.41) is 0. The molecule has 0 aromatic heterocycles. The second-order valence-corrected chi connectivity index (χ2v) is 9.47. The van der Waals surface area contributed by atoms with E-state index in [4.69, 9.17) is 0 Å². The number of rotatable bonds is 5. The molecule has 268 valence electrons. The average Bonchev–Trinajstić information content (AvgIpc) is 2.90. The molecule has 22 heteroatoms. The van der Waals surface area contributed by atoms with E-state index in [2.05, 4.69) is 9.47 Å². The van der Waals surface area contributed by atoms with Gasteiger partial charge in [0.15, 0.2) is 17.4 Å². The molecule has 0 saturated carbocycles. The molecule has 0 radical (unpaired) electrons. The standard InChI is InChI=1S/C27H10F18O4/c28-22(29,30)11-6-13(24(34,35)36)18(14(7-11)25(37,38)39)48-20(46)17(10-4-2-1-3-5-10)21(47)49-19-15(26(40,41)42)8-12(23(31,32)33)9-16(19)27(43,44)45/h1-9,17H. The van der Waals surface area contributed by atoms with Crippen molar-refractivity contribution in [3.05, 3.63) is 93.5 Å². The summed E-state index contributed by atoms with van der Waals surface area (Å²) < 4.78 is 252. The number of hydrogen-bond donors (Lipinski definition) is 0. The zero-order valence-corrected chi connectivity index (χ0v) is 22.7. The van der Waals surface area contributed by atoms with Crippen LogP contribution in [-0.4, -0.2) is 11.9 Å². The van der Waals surface area contributed by atoms with Gasteiger partial charge in [-0.25, -0.2) is 0 Å². The van der Waals surface area contributed by atoms with Gasteiger partial charge in [-0.1, -0.05) is 30.3 Å². The second-order valence-electron chi connectivity index (χ2n) is 9.47. The van der Waals surface area contributed by atoms with Crippen LogP contribution in [0.2, 0.25) is 0 Å². The highest BCUT2D eigenvalue weighted by atomic mass is 19.4. The van der Waals surface area contributed by atoms with E-state index in [9.17, 15) is 88.6 Å². The topological polar surface area (TPSA) is 52.6 Å². The Hall–Kier alpha value is -4.66. The zero-order chi connectivity index (χ0) is 37.7. The molecule has 0 heterocycles. The lowest BCUT2D eigenvalue weighted by Gasteiger charge is -2.24. The molecule has 0 fully saturated rings. The van der Waals surface area contributed by atoms with Crippen molar-refractivity contribution in [2.75, 3.05) is 0 Å². The van der Waals surface area contributed by atoms with E-state index in [1.807, 2.05) is 0 Å². The van der Waals surface area contributed by atoms with Crippen molar-refractivity contribution in [3.63, 3.8) is 0 Å². The molecule has 0 amide bonds. The largest absolute Gasteiger partial charge is 0.424 e. The Balaban J connectivity index is 2.29. The summed E-state index contributed by atoms with van der Waals surface area (Å²) >= 11 is 0. The van der Waals surface area contributed by atoms with Crippen LogP contribution >= 0.6 is 0 Å². The van der Waals surface area contributed by atoms with Crippen LogP contribution in [0.3, 0.4) is 0 Å². The SMILES string of the molecule is O=C(Oc1c(C(F)(F)F)cc(C(F)(F)F)cc1C(F)(F)F)C(C(=O)Oc1c(C(F)(F)F)cc(C(F)(F)F)cc1C(F)(F)F)c1ccccc1. The summed E-state index contributed by atoms with van der Waals surface area (Å²) in [6.45, 7) is 0. The second kappa shape index (κ2) is 12.7. The number of carbonyl (C=O) groups is 2. The van der Waals surface area contributed by atoms with Gasteiger partial charge in [0.1, 0.15) is 0 Å².